The van der Waals surface area contributed by atoms with Crippen LogP contribution in [0.4, 0.5) is 0 Å². The lowest BCUT2D eigenvalue weighted by molar-refractivity contribution is -0.186. The molecule has 44 heavy (non-hydrogen) atoms. The minimum Gasteiger partial charge on any atom is -0.493 e. The van der Waals surface area contributed by atoms with Crippen molar-refractivity contribution < 1.29 is 33.0 Å². The SMILES string of the molecule is CCCOc1ccc2cc(C(=O)CC(CCn3nnc4ccccc4c3=O)(C(=O)OC(C)(C)C)C(=O)OC(C)(C)C)oc2c1. The molecule has 11 nitrogen and oxygen atoms in total. The van der Waals surface area contributed by atoms with E-state index in [4.69, 9.17) is 18.6 Å². The van der Waals surface area contributed by atoms with Gasteiger partial charge < -0.3 is 18.6 Å². The summed E-state index contributed by atoms with van der Waals surface area (Å²) in [5, 5.41) is 9.08. The highest BCUT2D eigenvalue weighted by Crippen LogP contribution is 2.37. The Bertz CT molecular complexity index is 1710. The molecular formula is C33H39N3O8. The van der Waals surface area contributed by atoms with Gasteiger partial charge in [-0.05, 0) is 84.7 Å². The van der Waals surface area contributed by atoms with Crippen LogP contribution in [-0.4, -0.2) is 50.5 Å². The molecule has 234 valence electrons. The van der Waals surface area contributed by atoms with Crippen molar-refractivity contribution in [1.82, 2.24) is 15.0 Å². The van der Waals surface area contributed by atoms with E-state index in [1.165, 1.54) is 0 Å². The van der Waals surface area contributed by atoms with Crippen LogP contribution >= 0.6 is 0 Å². The van der Waals surface area contributed by atoms with Crippen molar-refractivity contribution in [2.75, 3.05) is 6.61 Å². The number of aromatic nitrogens is 3. The van der Waals surface area contributed by atoms with Crippen LogP contribution in [0.3, 0.4) is 0 Å². The van der Waals surface area contributed by atoms with Gasteiger partial charge in [-0.15, -0.1) is 5.10 Å². The first kappa shape index (κ1) is 32.4. The summed E-state index contributed by atoms with van der Waals surface area (Å²) < 4.78 is 24.0. The van der Waals surface area contributed by atoms with Crippen molar-refractivity contribution >= 4 is 39.6 Å². The number of benzene rings is 2. The van der Waals surface area contributed by atoms with Gasteiger partial charge in [-0.3, -0.25) is 19.2 Å². The van der Waals surface area contributed by atoms with E-state index in [1.807, 2.05) is 6.92 Å². The van der Waals surface area contributed by atoms with Gasteiger partial charge in [0.1, 0.15) is 28.1 Å². The summed E-state index contributed by atoms with van der Waals surface area (Å²) in [6.45, 7) is 12.2. The summed E-state index contributed by atoms with van der Waals surface area (Å²) >= 11 is 0. The van der Waals surface area contributed by atoms with Crippen molar-refractivity contribution in [3.63, 3.8) is 0 Å². The molecule has 0 aliphatic heterocycles. The Labute approximate surface area is 255 Å². The molecule has 11 heteroatoms. The number of hydrogen-bond acceptors (Lipinski definition) is 10. The predicted octanol–water partition coefficient (Wildman–Crippen LogP) is 5.66. The minimum atomic E-state index is -2.14. The summed E-state index contributed by atoms with van der Waals surface area (Å²) in [5.41, 5.74) is -3.77. The van der Waals surface area contributed by atoms with Crippen molar-refractivity contribution in [1.29, 1.82) is 0 Å². The first-order valence-corrected chi connectivity index (χ1v) is 14.6. The molecule has 0 bridgehead atoms. The molecule has 4 aromatic rings. The molecule has 0 saturated heterocycles. The standard InChI is InChI=1S/C33H39N3O8/c1-8-17-41-22-14-13-21-18-27(42-26(21)19-22)25(37)20-33(29(39)43-31(2,3)4,30(40)44-32(5,6)7)15-16-36-28(38)23-11-9-10-12-24(23)34-35-36/h9-14,18-19H,8,15-17,20H2,1-7H3. The molecule has 0 N–H and O–H groups in total. The Balaban J connectivity index is 1.76. The second-order valence-corrected chi connectivity index (χ2v) is 12.7. The lowest BCUT2D eigenvalue weighted by atomic mass is 9.78. The number of carbonyl (C=O) groups is 3. The lowest BCUT2D eigenvalue weighted by Gasteiger charge is -2.34. The smallest absolute Gasteiger partial charge is 0.324 e. The second-order valence-electron chi connectivity index (χ2n) is 12.7. The average Bonchev–Trinajstić information content (AvgIpc) is 3.37. The van der Waals surface area contributed by atoms with E-state index in [0.29, 0.717) is 34.2 Å². The number of aryl methyl sites for hydroxylation is 1. The van der Waals surface area contributed by atoms with Crippen LogP contribution in [-0.2, 0) is 25.6 Å². The summed E-state index contributed by atoms with van der Waals surface area (Å²) in [4.78, 5) is 55.0. The number of furan rings is 1. The van der Waals surface area contributed by atoms with Gasteiger partial charge in [0.25, 0.3) is 5.56 Å². The quantitative estimate of drug-likeness (QED) is 0.119. The number of carbonyl (C=O) groups excluding carboxylic acids is 3. The van der Waals surface area contributed by atoms with E-state index >= 15 is 0 Å². The van der Waals surface area contributed by atoms with Crippen LogP contribution in [0.5, 0.6) is 5.75 Å². The molecule has 0 atom stereocenters. The van der Waals surface area contributed by atoms with Crippen LogP contribution in [0.2, 0.25) is 0 Å². The van der Waals surface area contributed by atoms with Gasteiger partial charge in [-0.1, -0.05) is 24.3 Å². The van der Waals surface area contributed by atoms with E-state index in [-0.39, 0.29) is 18.7 Å². The number of rotatable bonds is 11. The average molecular weight is 606 g/mol. The van der Waals surface area contributed by atoms with Crippen LogP contribution in [0.25, 0.3) is 21.9 Å². The normalized spacial score (nSPS) is 12.3. The monoisotopic (exact) mass is 605 g/mol. The van der Waals surface area contributed by atoms with Crippen molar-refractivity contribution in [3.05, 3.63) is 64.6 Å². The molecule has 0 aliphatic rings. The van der Waals surface area contributed by atoms with Gasteiger partial charge in [0.05, 0.1) is 12.0 Å². The molecule has 2 heterocycles. The number of fused-ring (bicyclic) bond motifs is 2. The molecule has 2 aromatic heterocycles. The lowest BCUT2D eigenvalue weighted by Crippen LogP contribution is -2.49. The third-order valence-electron chi connectivity index (χ3n) is 6.66. The third kappa shape index (κ3) is 7.50. The second kappa shape index (κ2) is 12.6. The zero-order valence-corrected chi connectivity index (χ0v) is 26.3. The van der Waals surface area contributed by atoms with E-state index in [2.05, 4.69) is 10.3 Å². The van der Waals surface area contributed by atoms with Crippen LogP contribution < -0.4 is 10.3 Å². The van der Waals surface area contributed by atoms with Gasteiger partial charge in [0.2, 0.25) is 0 Å². The third-order valence-corrected chi connectivity index (χ3v) is 6.66. The number of hydrogen-bond donors (Lipinski definition) is 0. The Kier molecular flexibility index (Phi) is 9.27. The molecule has 0 saturated carbocycles. The Hall–Kier alpha value is -4.54. The number of esters is 2. The fourth-order valence-electron chi connectivity index (χ4n) is 4.56. The zero-order chi connectivity index (χ0) is 32.3. The number of Topliss-reactive ketones (excluding diaryl/α,β-unsaturated/α-hetero) is 1. The molecule has 0 amide bonds. The maximum Gasteiger partial charge on any atom is 0.324 e. The molecule has 0 aliphatic carbocycles. The van der Waals surface area contributed by atoms with Gasteiger partial charge in [-0.25, -0.2) is 4.68 Å². The highest BCUT2D eigenvalue weighted by atomic mass is 16.6. The maximum atomic E-state index is 14.0. The summed E-state index contributed by atoms with van der Waals surface area (Å²) in [6.07, 6.45) is -0.134. The molecule has 0 fully saturated rings. The van der Waals surface area contributed by atoms with Crippen molar-refractivity contribution in [2.24, 2.45) is 5.41 Å². The highest BCUT2D eigenvalue weighted by Gasteiger charge is 2.53. The zero-order valence-electron chi connectivity index (χ0n) is 26.3. The Morgan fingerprint density at radius 2 is 1.57 bits per heavy atom. The summed E-state index contributed by atoms with van der Waals surface area (Å²) in [5.74, 6) is -1.99. The predicted molar refractivity (Wildman–Crippen MR) is 163 cm³/mol. The molecule has 2 aromatic carbocycles. The number of ketones is 1. The van der Waals surface area contributed by atoms with Crippen molar-refractivity contribution in [3.8, 4) is 5.75 Å². The number of nitrogens with zero attached hydrogens (tertiary/aromatic N) is 3. The van der Waals surface area contributed by atoms with Crippen LogP contribution in [0.1, 0.15) is 78.3 Å². The summed E-state index contributed by atoms with van der Waals surface area (Å²) in [7, 11) is 0. The largest absolute Gasteiger partial charge is 0.493 e. The Morgan fingerprint density at radius 3 is 2.20 bits per heavy atom. The Morgan fingerprint density at radius 1 is 0.909 bits per heavy atom. The fourth-order valence-corrected chi connectivity index (χ4v) is 4.56. The summed E-state index contributed by atoms with van der Waals surface area (Å²) in [6, 6.07) is 13.5. The van der Waals surface area contributed by atoms with Gasteiger partial charge in [-0.2, -0.15) is 0 Å². The van der Waals surface area contributed by atoms with E-state index in [1.54, 1.807) is 90.1 Å². The van der Waals surface area contributed by atoms with Gasteiger partial charge in [0, 0.05) is 24.4 Å². The number of ether oxygens (including phenoxy) is 3. The van der Waals surface area contributed by atoms with E-state index in [0.717, 1.165) is 11.1 Å². The molecule has 0 radical (unpaired) electrons. The van der Waals surface area contributed by atoms with Crippen LogP contribution in [0, 0.1) is 5.41 Å². The highest BCUT2D eigenvalue weighted by molar-refractivity contribution is 6.08. The molecule has 4 rings (SSSR count). The minimum absolute atomic E-state index is 0.0493. The first-order valence-electron chi connectivity index (χ1n) is 14.6. The fraction of sp³-hybridized carbons (Fsp3) is 0.455. The van der Waals surface area contributed by atoms with Crippen LogP contribution in [0.15, 0.2) is 57.7 Å². The molecule has 0 unspecified atom stereocenters. The maximum absolute atomic E-state index is 14.0. The first-order chi connectivity index (χ1) is 20.6. The van der Waals surface area contributed by atoms with Gasteiger partial charge >= 0.3 is 11.9 Å². The van der Waals surface area contributed by atoms with Crippen molar-refractivity contribution in [2.45, 2.75) is 85.5 Å². The van der Waals surface area contributed by atoms with E-state index < -0.39 is 46.3 Å². The van der Waals surface area contributed by atoms with E-state index in [9.17, 15) is 19.2 Å². The van der Waals surface area contributed by atoms with Gasteiger partial charge in [0.15, 0.2) is 17.0 Å². The molecular weight excluding hydrogens is 566 g/mol. The molecule has 0 spiro atoms. The topological polar surface area (TPSA) is 140 Å².